The van der Waals surface area contributed by atoms with Crippen molar-refractivity contribution in [1.82, 2.24) is 5.32 Å². The van der Waals surface area contributed by atoms with Gasteiger partial charge < -0.3 is 5.32 Å². The van der Waals surface area contributed by atoms with Crippen LogP contribution in [0, 0.1) is 0 Å². The fourth-order valence-electron chi connectivity index (χ4n) is 2.55. The molecule has 0 aliphatic carbocycles. The van der Waals surface area contributed by atoms with Gasteiger partial charge >= 0.3 is 0 Å². The van der Waals surface area contributed by atoms with Crippen LogP contribution in [-0.2, 0) is 0 Å². The first-order valence-electron chi connectivity index (χ1n) is 6.86. The molecule has 108 valence electrons. The first kappa shape index (κ1) is 14.9. The minimum absolute atomic E-state index is 0.0656. The molecule has 3 aromatic rings. The Bertz CT molecular complexity index is 766. The molecule has 0 fully saturated rings. The fraction of sp³-hybridized carbons (Fsp3) is 0.176. The molecule has 1 heterocycles. The van der Waals surface area contributed by atoms with Crippen molar-refractivity contribution in [2.75, 3.05) is 6.54 Å². The maximum Gasteiger partial charge on any atom is 0.0995 e. The molecule has 0 bridgehead atoms. The van der Waals surface area contributed by atoms with Gasteiger partial charge in [0.05, 0.1) is 14.7 Å². The molecule has 0 radical (unpaired) electrons. The average molecular weight is 336 g/mol. The van der Waals surface area contributed by atoms with E-state index in [2.05, 4.69) is 54.7 Å². The smallest absolute Gasteiger partial charge is 0.0995 e. The lowest BCUT2D eigenvalue weighted by molar-refractivity contribution is 0.633. The van der Waals surface area contributed by atoms with Gasteiger partial charge in [0, 0.05) is 5.56 Å². The third-order valence-electron chi connectivity index (χ3n) is 3.51. The topological polar surface area (TPSA) is 12.0 Å². The molecule has 0 saturated heterocycles. The third kappa shape index (κ3) is 3.09. The summed E-state index contributed by atoms with van der Waals surface area (Å²) in [6.45, 7) is 2.96. The normalized spacial score (nSPS) is 12.7. The number of fused-ring (bicyclic) bond motifs is 1. The van der Waals surface area contributed by atoms with Gasteiger partial charge in [0.15, 0.2) is 0 Å². The maximum absolute atomic E-state index is 6.34. The Balaban J connectivity index is 2.08. The van der Waals surface area contributed by atoms with Gasteiger partial charge in [-0.15, -0.1) is 11.3 Å². The lowest BCUT2D eigenvalue weighted by Crippen LogP contribution is -2.21. The molecule has 0 aliphatic rings. The number of hydrogen-bond acceptors (Lipinski definition) is 2. The third-order valence-corrected chi connectivity index (χ3v) is 5.03. The molecular formula is C17H15Cl2NS. The van der Waals surface area contributed by atoms with Crippen LogP contribution in [0.25, 0.3) is 10.8 Å². The van der Waals surface area contributed by atoms with E-state index in [0.29, 0.717) is 0 Å². The summed E-state index contributed by atoms with van der Waals surface area (Å²) >= 11 is 13.8. The van der Waals surface area contributed by atoms with E-state index >= 15 is 0 Å². The van der Waals surface area contributed by atoms with Crippen molar-refractivity contribution in [3.05, 3.63) is 68.3 Å². The molecule has 0 aliphatic heterocycles. The number of nitrogens with one attached hydrogen (secondary N) is 1. The van der Waals surface area contributed by atoms with E-state index in [-0.39, 0.29) is 6.04 Å². The first-order chi connectivity index (χ1) is 10.2. The Morgan fingerprint density at radius 1 is 1.05 bits per heavy atom. The molecule has 3 rings (SSSR count). The zero-order chi connectivity index (χ0) is 14.8. The zero-order valence-corrected chi connectivity index (χ0v) is 13.9. The largest absolute Gasteiger partial charge is 0.306 e. The van der Waals surface area contributed by atoms with E-state index in [1.54, 1.807) is 0 Å². The van der Waals surface area contributed by atoms with E-state index in [0.717, 1.165) is 20.8 Å². The number of hydrogen-bond donors (Lipinski definition) is 1. The number of thiophene rings is 1. The molecule has 21 heavy (non-hydrogen) atoms. The summed E-state index contributed by atoms with van der Waals surface area (Å²) in [6, 6.07) is 16.9. The Morgan fingerprint density at radius 3 is 2.48 bits per heavy atom. The van der Waals surface area contributed by atoms with E-state index in [9.17, 15) is 0 Å². The van der Waals surface area contributed by atoms with Gasteiger partial charge in [-0.1, -0.05) is 66.5 Å². The molecule has 0 spiro atoms. The van der Waals surface area contributed by atoms with E-state index in [1.807, 2.05) is 6.07 Å². The Morgan fingerprint density at radius 2 is 1.81 bits per heavy atom. The lowest BCUT2D eigenvalue weighted by atomic mass is 9.98. The van der Waals surface area contributed by atoms with Crippen molar-refractivity contribution in [2.45, 2.75) is 13.0 Å². The fourth-order valence-corrected chi connectivity index (χ4v) is 4.08. The van der Waals surface area contributed by atoms with E-state index in [4.69, 9.17) is 23.2 Å². The number of rotatable bonds is 4. The predicted octanol–water partition coefficient (Wildman–Crippen LogP) is 5.91. The standard InChI is InChI=1S/C17H15Cl2NS/c1-2-20-16(14-10-15(18)21-17(14)19)13-8-7-11-5-3-4-6-12(11)9-13/h3-10,16,20H,2H2,1H3. The Kier molecular flexibility index (Phi) is 4.51. The van der Waals surface area contributed by atoms with Gasteiger partial charge in [0.1, 0.15) is 0 Å². The van der Waals surface area contributed by atoms with Crippen molar-refractivity contribution < 1.29 is 0 Å². The first-order valence-corrected chi connectivity index (χ1v) is 8.43. The van der Waals surface area contributed by atoms with Crippen LogP contribution in [0.4, 0.5) is 0 Å². The van der Waals surface area contributed by atoms with Gasteiger partial charge in [0.2, 0.25) is 0 Å². The molecule has 1 atom stereocenters. The van der Waals surface area contributed by atoms with Gasteiger partial charge in [-0.3, -0.25) is 0 Å². The maximum atomic E-state index is 6.34. The molecule has 1 unspecified atom stereocenters. The van der Waals surface area contributed by atoms with Gasteiger partial charge in [-0.25, -0.2) is 0 Å². The summed E-state index contributed by atoms with van der Waals surface area (Å²) in [6.07, 6.45) is 0. The van der Waals surface area contributed by atoms with Gasteiger partial charge in [-0.2, -0.15) is 0 Å². The summed E-state index contributed by atoms with van der Waals surface area (Å²) in [5.74, 6) is 0. The highest BCUT2D eigenvalue weighted by atomic mass is 35.5. The van der Waals surface area contributed by atoms with Crippen molar-refractivity contribution in [3.63, 3.8) is 0 Å². The molecule has 1 N–H and O–H groups in total. The number of benzene rings is 2. The van der Waals surface area contributed by atoms with Crippen LogP contribution in [0.15, 0.2) is 48.5 Å². The van der Waals surface area contributed by atoms with Crippen LogP contribution in [0.1, 0.15) is 24.1 Å². The van der Waals surface area contributed by atoms with Crippen LogP contribution >= 0.6 is 34.5 Å². The summed E-state index contributed by atoms with van der Waals surface area (Å²) < 4.78 is 1.47. The lowest BCUT2D eigenvalue weighted by Gasteiger charge is -2.18. The zero-order valence-electron chi connectivity index (χ0n) is 11.6. The number of halogens is 2. The van der Waals surface area contributed by atoms with Gasteiger partial charge in [-0.05, 0) is 35.0 Å². The molecule has 0 saturated carbocycles. The molecule has 2 aromatic carbocycles. The Labute approximate surface area is 138 Å². The second-order valence-electron chi connectivity index (χ2n) is 4.88. The van der Waals surface area contributed by atoms with Crippen LogP contribution < -0.4 is 5.32 Å². The molecular weight excluding hydrogens is 321 g/mol. The SMILES string of the molecule is CCNC(c1ccc2ccccc2c1)c1cc(Cl)sc1Cl. The minimum atomic E-state index is 0.0656. The summed E-state index contributed by atoms with van der Waals surface area (Å²) in [4.78, 5) is 0. The quantitative estimate of drug-likeness (QED) is 0.625. The molecule has 1 aromatic heterocycles. The molecule has 4 heteroatoms. The predicted molar refractivity (Wildman–Crippen MR) is 93.8 cm³/mol. The highest BCUT2D eigenvalue weighted by molar-refractivity contribution is 7.20. The van der Waals surface area contributed by atoms with Crippen molar-refractivity contribution in [2.24, 2.45) is 0 Å². The highest BCUT2D eigenvalue weighted by Gasteiger charge is 2.19. The minimum Gasteiger partial charge on any atom is -0.306 e. The summed E-state index contributed by atoms with van der Waals surface area (Å²) in [5, 5.41) is 5.97. The summed E-state index contributed by atoms with van der Waals surface area (Å²) in [5.41, 5.74) is 2.25. The molecule has 1 nitrogen and oxygen atoms in total. The van der Waals surface area contributed by atoms with Crippen molar-refractivity contribution >= 4 is 45.3 Å². The van der Waals surface area contributed by atoms with Crippen molar-refractivity contribution in [3.8, 4) is 0 Å². The molecule has 0 amide bonds. The second kappa shape index (κ2) is 6.37. The highest BCUT2D eigenvalue weighted by Crippen LogP contribution is 2.38. The van der Waals surface area contributed by atoms with Gasteiger partial charge in [0.25, 0.3) is 0 Å². The van der Waals surface area contributed by atoms with E-state index < -0.39 is 0 Å². The summed E-state index contributed by atoms with van der Waals surface area (Å²) in [7, 11) is 0. The monoisotopic (exact) mass is 335 g/mol. The average Bonchev–Trinajstić information content (AvgIpc) is 2.83. The van der Waals surface area contributed by atoms with Crippen LogP contribution in [0.3, 0.4) is 0 Å². The van der Waals surface area contributed by atoms with Crippen molar-refractivity contribution in [1.29, 1.82) is 0 Å². The van der Waals surface area contributed by atoms with Crippen LogP contribution in [0.2, 0.25) is 8.67 Å². The second-order valence-corrected chi connectivity index (χ2v) is 7.16. The Hall–Kier alpha value is -1.06. The van der Waals surface area contributed by atoms with Crippen LogP contribution in [0.5, 0.6) is 0 Å². The van der Waals surface area contributed by atoms with E-state index in [1.165, 1.54) is 27.7 Å². The van der Waals surface area contributed by atoms with Crippen LogP contribution in [-0.4, -0.2) is 6.54 Å².